The summed E-state index contributed by atoms with van der Waals surface area (Å²) in [5, 5.41) is 0.260. The first-order valence-corrected chi connectivity index (χ1v) is 5.05. The van der Waals surface area contributed by atoms with Crippen molar-refractivity contribution in [3.63, 3.8) is 0 Å². The third kappa shape index (κ3) is 1.41. The van der Waals surface area contributed by atoms with E-state index in [1.165, 1.54) is 4.90 Å². The molecule has 2 aromatic rings. The maximum atomic E-state index is 12.8. The van der Waals surface area contributed by atoms with E-state index in [2.05, 4.69) is 9.97 Å². The van der Waals surface area contributed by atoms with E-state index in [0.29, 0.717) is 11.5 Å². The van der Waals surface area contributed by atoms with Crippen molar-refractivity contribution in [3.05, 3.63) is 23.7 Å². The van der Waals surface area contributed by atoms with E-state index in [9.17, 15) is 8.78 Å². The van der Waals surface area contributed by atoms with Crippen LogP contribution in [-0.4, -0.2) is 33.4 Å². The number of alkyl halides is 2. The maximum Gasteiger partial charge on any atom is 0.282 e. The van der Waals surface area contributed by atoms with Crippen LogP contribution in [0.3, 0.4) is 0 Å². The van der Waals surface area contributed by atoms with E-state index in [-0.39, 0.29) is 18.2 Å². The maximum absolute atomic E-state index is 12.8. The van der Waals surface area contributed by atoms with Gasteiger partial charge in [-0.15, -0.1) is 0 Å². The second-order valence-corrected chi connectivity index (χ2v) is 4.14. The lowest BCUT2D eigenvalue weighted by atomic mass is 10.1. The summed E-state index contributed by atoms with van der Waals surface area (Å²) in [6.07, 6.45) is 4.87. The van der Waals surface area contributed by atoms with Crippen LogP contribution in [0.1, 0.15) is 0 Å². The zero-order chi connectivity index (χ0) is 11.3. The molecule has 0 bridgehead atoms. The summed E-state index contributed by atoms with van der Waals surface area (Å²) < 4.78 is 27.2. The van der Waals surface area contributed by atoms with Crippen molar-refractivity contribution in [3.8, 4) is 0 Å². The van der Waals surface area contributed by atoms with Crippen molar-refractivity contribution in [1.29, 1.82) is 0 Å². The van der Waals surface area contributed by atoms with Crippen LogP contribution in [-0.2, 0) is 0 Å². The second-order valence-electron chi connectivity index (χ2n) is 3.76. The number of hydrogen-bond donors (Lipinski definition) is 0. The average molecular weight is 245 g/mol. The summed E-state index contributed by atoms with van der Waals surface area (Å²) in [5.41, 5.74) is 0.542. The molecule has 1 aliphatic heterocycles. The molecule has 0 atom stereocenters. The van der Waals surface area contributed by atoms with Gasteiger partial charge in [-0.3, -0.25) is 0 Å². The minimum Gasteiger partial charge on any atom is -0.341 e. The van der Waals surface area contributed by atoms with Gasteiger partial charge in [0.25, 0.3) is 5.92 Å². The van der Waals surface area contributed by atoms with Gasteiger partial charge >= 0.3 is 0 Å². The summed E-state index contributed by atoms with van der Waals surface area (Å²) in [5.74, 6) is -2.23. The molecule has 0 aromatic carbocycles. The van der Waals surface area contributed by atoms with E-state index in [0.717, 1.165) is 0 Å². The lowest BCUT2D eigenvalue weighted by Crippen LogP contribution is -2.56. The summed E-state index contributed by atoms with van der Waals surface area (Å²) in [7, 11) is 0. The molecule has 0 radical (unpaired) electrons. The van der Waals surface area contributed by atoms with Gasteiger partial charge in [0.1, 0.15) is 5.15 Å². The van der Waals surface area contributed by atoms with Crippen molar-refractivity contribution in [2.45, 2.75) is 5.92 Å². The Bertz CT molecular complexity index is 545. The lowest BCUT2D eigenvalue weighted by Gasteiger charge is -2.39. The minimum absolute atomic E-state index is 0.260. The van der Waals surface area contributed by atoms with E-state index in [1.807, 2.05) is 0 Å². The van der Waals surface area contributed by atoms with Crippen LogP contribution in [0.25, 0.3) is 5.65 Å². The topological polar surface area (TPSA) is 33.4 Å². The first kappa shape index (κ1) is 9.77. The highest BCUT2D eigenvalue weighted by Gasteiger charge is 2.45. The number of hydrogen-bond acceptors (Lipinski definition) is 3. The number of anilines is 1. The summed E-state index contributed by atoms with van der Waals surface area (Å²) in [6.45, 7) is -0.661. The molecule has 84 valence electrons. The monoisotopic (exact) mass is 244 g/mol. The number of aromatic nitrogens is 3. The van der Waals surface area contributed by atoms with Gasteiger partial charge in [0.05, 0.1) is 13.1 Å². The molecule has 1 fully saturated rings. The van der Waals surface area contributed by atoms with Crippen LogP contribution in [0.2, 0.25) is 5.15 Å². The fourth-order valence-corrected chi connectivity index (χ4v) is 1.94. The van der Waals surface area contributed by atoms with E-state index < -0.39 is 5.92 Å². The molecule has 7 heteroatoms. The second kappa shape index (κ2) is 3.04. The summed E-state index contributed by atoms with van der Waals surface area (Å²) in [4.78, 5) is 9.57. The minimum atomic E-state index is -2.63. The molecule has 4 nitrogen and oxygen atoms in total. The van der Waals surface area contributed by atoms with E-state index >= 15 is 0 Å². The van der Waals surface area contributed by atoms with Gasteiger partial charge in [-0.05, 0) is 0 Å². The molecular weight excluding hydrogens is 238 g/mol. The Kier molecular flexibility index (Phi) is 1.85. The standard InChI is InChI=1S/C9H7ClF2N4/c10-6-3-15-2-1-13-7(15)8(14-6)16-4-9(11,12)5-16/h1-3H,4-5H2. The van der Waals surface area contributed by atoms with Gasteiger partial charge in [-0.25, -0.2) is 18.7 Å². The summed E-state index contributed by atoms with van der Waals surface area (Å²) >= 11 is 5.80. The first-order chi connectivity index (χ1) is 7.55. The largest absolute Gasteiger partial charge is 0.341 e. The zero-order valence-corrected chi connectivity index (χ0v) is 8.82. The molecule has 0 unspecified atom stereocenters. The van der Waals surface area contributed by atoms with Crippen molar-refractivity contribution >= 4 is 23.1 Å². The van der Waals surface area contributed by atoms with Crippen LogP contribution in [0, 0.1) is 0 Å². The number of fused-ring (bicyclic) bond motifs is 1. The quantitative estimate of drug-likeness (QED) is 0.768. The molecule has 1 saturated heterocycles. The normalized spacial score (nSPS) is 18.8. The van der Waals surface area contributed by atoms with Gasteiger partial charge in [0, 0.05) is 18.6 Å². The molecule has 1 aliphatic rings. The van der Waals surface area contributed by atoms with Gasteiger partial charge in [0.2, 0.25) is 0 Å². The van der Waals surface area contributed by atoms with E-state index in [4.69, 9.17) is 11.6 Å². The highest BCUT2D eigenvalue weighted by Crippen LogP contribution is 2.32. The van der Waals surface area contributed by atoms with E-state index in [1.54, 1.807) is 23.0 Å². The Hall–Kier alpha value is -1.43. The van der Waals surface area contributed by atoms with Gasteiger partial charge in [0.15, 0.2) is 11.5 Å². The van der Waals surface area contributed by atoms with Gasteiger partial charge in [-0.2, -0.15) is 0 Å². The Morgan fingerprint density at radius 1 is 1.38 bits per heavy atom. The van der Waals surface area contributed by atoms with Crippen LogP contribution < -0.4 is 4.90 Å². The van der Waals surface area contributed by atoms with Gasteiger partial charge < -0.3 is 9.30 Å². The molecular formula is C9H7ClF2N4. The highest BCUT2D eigenvalue weighted by molar-refractivity contribution is 6.29. The lowest BCUT2D eigenvalue weighted by molar-refractivity contribution is -0.0265. The third-order valence-electron chi connectivity index (χ3n) is 2.47. The molecule has 0 N–H and O–H groups in total. The number of halogens is 3. The molecule has 3 rings (SSSR count). The smallest absolute Gasteiger partial charge is 0.282 e. The van der Waals surface area contributed by atoms with Crippen molar-refractivity contribution in [2.75, 3.05) is 18.0 Å². The number of nitrogens with zero attached hydrogens (tertiary/aromatic N) is 4. The predicted octanol–water partition coefficient (Wildman–Crippen LogP) is 1.84. The highest BCUT2D eigenvalue weighted by atomic mass is 35.5. The molecule has 16 heavy (non-hydrogen) atoms. The van der Waals surface area contributed by atoms with Crippen molar-refractivity contribution in [2.24, 2.45) is 0 Å². The fourth-order valence-electron chi connectivity index (χ4n) is 1.76. The molecule has 3 heterocycles. The third-order valence-corrected chi connectivity index (χ3v) is 2.65. The predicted molar refractivity (Wildman–Crippen MR) is 55.2 cm³/mol. The van der Waals surface area contributed by atoms with Crippen LogP contribution in [0.4, 0.5) is 14.6 Å². The number of rotatable bonds is 1. The fraction of sp³-hybridized carbons (Fsp3) is 0.333. The van der Waals surface area contributed by atoms with Crippen LogP contribution >= 0.6 is 11.6 Å². The average Bonchev–Trinajstić information content (AvgIpc) is 2.60. The van der Waals surface area contributed by atoms with Crippen LogP contribution in [0.5, 0.6) is 0 Å². The van der Waals surface area contributed by atoms with Crippen molar-refractivity contribution in [1.82, 2.24) is 14.4 Å². The summed E-state index contributed by atoms with van der Waals surface area (Å²) in [6, 6.07) is 0. The molecule has 2 aromatic heterocycles. The van der Waals surface area contributed by atoms with Crippen LogP contribution in [0.15, 0.2) is 18.6 Å². The Morgan fingerprint density at radius 3 is 2.81 bits per heavy atom. The first-order valence-electron chi connectivity index (χ1n) is 4.67. The molecule has 0 spiro atoms. The molecule has 0 aliphatic carbocycles. The Labute approximate surface area is 94.5 Å². The van der Waals surface area contributed by atoms with Crippen molar-refractivity contribution < 1.29 is 8.78 Å². The zero-order valence-electron chi connectivity index (χ0n) is 8.07. The van der Waals surface area contributed by atoms with Gasteiger partial charge in [-0.1, -0.05) is 11.6 Å². The Morgan fingerprint density at radius 2 is 2.12 bits per heavy atom. The Balaban J connectivity index is 2.06. The molecule has 0 amide bonds. The SMILES string of the molecule is FC1(F)CN(c2nc(Cl)cn3ccnc23)C1. The number of imidazole rings is 1. The molecule has 0 saturated carbocycles.